The summed E-state index contributed by atoms with van der Waals surface area (Å²) in [4.78, 5) is 41.3. The molecule has 14 heterocycles. The second-order valence-corrected chi connectivity index (χ2v) is 33.3. The SMILES string of the molecule is [2H]c1ccc(-c2cc3c4c(c2)n2c5cc6ccccc6cc5nc2n4c2nc4cc5ccccc5cc4n32)cc1.c1ccc(-c2cc3c4c(c2)n2c5cc6ccccc6cc5nc2n4c2nc4cc5ccccc5cc4n32)nc1.c1ccc(-n2c(-c3cc4c5c(c3)n3c6cc7ccccc7cc6nc3n5c3nc5cc6ccccc6cc5n43)nc3ccccc32)cc1. The number of benzene rings is 18. The van der Waals surface area contributed by atoms with Crippen molar-refractivity contribution in [2.45, 2.75) is 0 Å². The van der Waals surface area contributed by atoms with Crippen LogP contribution in [-0.2, 0) is 0 Å². The summed E-state index contributed by atoms with van der Waals surface area (Å²) in [5.74, 6) is 6.05. The molecule has 0 saturated carbocycles. The molecule has 582 valence electrons. The van der Waals surface area contributed by atoms with E-state index in [1.54, 1.807) is 0 Å². The lowest BCUT2D eigenvalue weighted by Gasteiger charge is -2.10. The van der Waals surface area contributed by atoms with Crippen LogP contribution in [0.25, 0.3) is 266 Å². The molecule has 126 heavy (non-hydrogen) atoms. The molecule has 18 aromatic carbocycles. The maximum absolute atomic E-state index is 7.99. The number of imidazole rings is 13. The Balaban J connectivity index is 0.0000000934. The van der Waals surface area contributed by atoms with Crippen molar-refractivity contribution in [2.75, 3.05) is 0 Å². The van der Waals surface area contributed by atoms with Gasteiger partial charge >= 0.3 is 0 Å². The van der Waals surface area contributed by atoms with Gasteiger partial charge in [0.2, 0.25) is 34.7 Å². The van der Waals surface area contributed by atoms with Gasteiger partial charge in [-0.15, -0.1) is 0 Å². The molecule has 14 aromatic heterocycles. The number of rotatable bonds is 4. The van der Waals surface area contributed by atoms with E-state index in [0.717, 1.165) is 201 Å². The van der Waals surface area contributed by atoms with Crippen molar-refractivity contribution >= 4 is 226 Å². The molecule has 0 amide bonds. The Kier molecular flexibility index (Phi) is 12.5. The standard InChI is InChI=1S/C41H23N7.C34H19N5.C33H18N6/c1-2-14-29(15-3-1)45-33-17-9-8-16-30(33)42-39(45)28-22-36-38-37(23-28)47-35-21-27-13-7-5-11-25(27)19-32(35)44-41(47)48(38)40-43-31-18-24-10-4-6-12-26(24)20-34(31)46(36)40;1-2-8-20(9-3-1)25-18-30-32-31(19-25)38-29-17-24-13-7-5-11-22(24)15-27(29)36-34(38)39(32)33-35-26-14-21-10-4-6-12-23(21)16-28(26)37(30)33;1-3-9-21-15-27-25(13-19(21)7-1)35-32-37(27)29-17-23(24-11-5-6-12-34-24)18-30-31(29)39(32)33-36-26-14-20-8-2-4-10-22(20)16-28(26)38(30)33/h1-23H;1-19H;1-18H/i;1D;. The topological polar surface area (TPSA) is 148 Å². The lowest BCUT2D eigenvalue weighted by Crippen LogP contribution is -1.98. The molecule has 0 N–H and O–H groups in total. The van der Waals surface area contributed by atoms with E-state index in [9.17, 15) is 0 Å². The minimum atomic E-state index is 0.505. The molecule has 0 aliphatic carbocycles. The molecule has 0 unspecified atom stereocenters. The number of pyridine rings is 1. The van der Waals surface area contributed by atoms with Crippen LogP contribution in [-0.4, -0.2) is 84.0 Å². The number of para-hydroxylation sites is 3. The Labute approximate surface area is 710 Å². The highest BCUT2D eigenvalue weighted by Gasteiger charge is 2.31. The fraction of sp³-hybridized carbons (Fsp3) is 0. The molecule has 0 fully saturated rings. The third-order valence-corrected chi connectivity index (χ3v) is 26.4. The molecule has 0 saturated heterocycles. The summed E-state index contributed by atoms with van der Waals surface area (Å²) in [6.45, 7) is 0. The van der Waals surface area contributed by atoms with Gasteiger partial charge in [-0.05, 0) is 221 Å². The van der Waals surface area contributed by atoms with Gasteiger partial charge in [0.15, 0.2) is 0 Å². The van der Waals surface area contributed by atoms with Gasteiger partial charge in [-0.2, -0.15) is 0 Å². The van der Waals surface area contributed by atoms with Gasteiger partial charge in [-0.3, -0.25) is 36.0 Å². The third kappa shape index (κ3) is 8.94. The van der Waals surface area contributed by atoms with E-state index in [4.69, 9.17) is 41.2 Å². The number of fused-ring (bicyclic) bond motifs is 37. The molecule has 0 aliphatic heterocycles. The monoisotopic (exact) mass is 1610 g/mol. The quantitative estimate of drug-likeness (QED) is 0.169. The lowest BCUT2D eigenvalue weighted by atomic mass is 10.0. The van der Waals surface area contributed by atoms with Gasteiger partial charge in [0.25, 0.3) is 0 Å². The highest BCUT2D eigenvalue weighted by molar-refractivity contribution is 6.14. The van der Waals surface area contributed by atoms with E-state index in [-0.39, 0.29) is 0 Å². The fourth-order valence-corrected chi connectivity index (χ4v) is 20.8. The Morgan fingerprint density at radius 2 is 0.476 bits per heavy atom. The average molecular weight is 1610 g/mol. The first-order chi connectivity index (χ1) is 62.8. The third-order valence-electron chi connectivity index (χ3n) is 26.4. The molecular weight excluding hydrogens is 1550 g/mol. The van der Waals surface area contributed by atoms with Crippen LogP contribution >= 0.6 is 0 Å². The zero-order valence-corrected chi connectivity index (χ0v) is 66.6. The molecule has 0 atom stereocenters. The van der Waals surface area contributed by atoms with Crippen molar-refractivity contribution in [1.82, 2.24) is 84.0 Å². The van der Waals surface area contributed by atoms with Crippen molar-refractivity contribution in [3.63, 3.8) is 0 Å². The summed E-state index contributed by atoms with van der Waals surface area (Å²) in [5, 5.41) is 14.2. The highest BCUT2D eigenvalue weighted by atomic mass is 15.3. The van der Waals surface area contributed by atoms with E-state index >= 15 is 0 Å². The lowest BCUT2D eigenvalue weighted by molar-refractivity contribution is 1.10. The van der Waals surface area contributed by atoms with E-state index in [2.05, 4.69) is 360 Å². The van der Waals surface area contributed by atoms with Crippen LogP contribution in [0.4, 0.5) is 0 Å². The minimum Gasteiger partial charge on any atom is -0.292 e. The average Bonchev–Trinajstić information content (AvgIpc) is 1.52. The van der Waals surface area contributed by atoms with Crippen molar-refractivity contribution < 1.29 is 1.37 Å². The summed E-state index contributed by atoms with van der Waals surface area (Å²) in [5.41, 5.74) is 30.4. The Hall–Kier alpha value is -17.6. The highest BCUT2D eigenvalue weighted by Crippen LogP contribution is 2.45. The normalized spacial score (nSPS) is 12.7. The molecule has 32 aromatic rings. The predicted molar refractivity (Wildman–Crippen MR) is 510 cm³/mol. The van der Waals surface area contributed by atoms with Gasteiger partial charge in [0.1, 0.15) is 22.4 Å². The molecule has 32 rings (SSSR count). The van der Waals surface area contributed by atoms with E-state index in [0.29, 0.717) is 6.04 Å². The molecule has 18 heteroatoms. The van der Waals surface area contributed by atoms with Gasteiger partial charge in [-0.25, -0.2) is 48.1 Å². The molecule has 0 spiro atoms. The van der Waals surface area contributed by atoms with Crippen LogP contribution < -0.4 is 0 Å². The summed E-state index contributed by atoms with van der Waals surface area (Å²) in [6, 6.07) is 124. The number of hydrogen-bond acceptors (Lipinski definition) is 8. The van der Waals surface area contributed by atoms with Crippen molar-refractivity contribution in [3.8, 4) is 39.5 Å². The van der Waals surface area contributed by atoms with Crippen molar-refractivity contribution in [1.29, 1.82) is 0 Å². The van der Waals surface area contributed by atoms with E-state index in [1.165, 1.54) is 64.6 Å². The minimum absolute atomic E-state index is 0.505. The van der Waals surface area contributed by atoms with Gasteiger partial charge in [0, 0.05) is 23.0 Å². The largest absolute Gasteiger partial charge is 0.292 e. The van der Waals surface area contributed by atoms with Crippen LogP contribution in [0.2, 0.25) is 0 Å². The first-order valence-corrected chi connectivity index (χ1v) is 42.3. The zero-order valence-electron chi connectivity index (χ0n) is 67.6. The van der Waals surface area contributed by atoms with Crippen LogP contribution in [0.3, 0.4) is 0 Å². The van der Waals surface area contributed by atoms with Gasteiger partial charge in [-0.1, -0.05) is 212 Å². The Morgan fingerprint density at radius 3 is 0.802 bits per heavy atom. The smallest absolute Gasteiger partial charge is 0.223 e. The second-order valence-electron chi connectivity index (χ2n) is 33.3. The molecule has 0 bridgehead atoms. The van der Waals surface area contributed by atoms with E-state index < -0.39 is 0 Å². The number of hydrogen-bond donors (Lipinski definition) is 0. The molecule has 18 nitrogen and oxygen atoms in total. The van der Waals surface area contributed by atoms with Crippen molar-refractivity contribution in [2.24, 2.45) is 0 Å². The molecule has 0 radical (unpaired) electrons. The van der Waals surface area contributed by atoms with Crippen LogP contribution in [0.1, 0.15) is 1.37 Å². The number of aromatic nitrogens is 18. The first kappa shape index (κ1) is 65.2. The van der Waals surface area contributed by atoms with Crippen LogP contribution in [0.15, 0.2) is 364 Å². The fourth-order valence-electron chi connectivity index (χ4n) is 20.8. The van der Waals surface area contributed by atoms with Crippen molar-refractivity contribution in [3.05, 3.63) is 364 Å². The predicted octanol–water partition coefficient (Wildman–Crippen LogP) is 25.1. The van der Waals surface area contributed by atoms with Gasteiger partial charge < -0.3 is 0 Å². The summed E-state index contributed by atoms with van der Waals surface area (Å²) < 4.78 is 30.7. The maximum Gasteiger partial charge on any atom is 0.223 e. The molecular formula is C108H60N18. The van der Waals surface area contributed by atoms with Crippen LogP contribution in [0.5, 0.6) is 0 Å². The van der Waals surface area contributed by atoms with E-state index in [1.807, 2.05) is 42.6 Å². The maximum atomic E-state index is 7.99. The Morgan fingerprint density at radius 1 is 0.190 bits per heavy atom. The van der Waals surface area contributed by atoms with Gasteiger partial charge in [0.05, 0.1) is 117 Å². The second kappa shape index (κ2) is 24.1. The first-order valence-electron chi connectivity index (χ1n) is 42.8. The van der Waals surface area contributed by atoms with Crippen LogP contribution in [0, 0.1) is 0 Å². The zero-order chi connectivity index (χ0) is 82.4. The summed E-state index contributed by atoms with van der Waals surface area (Å²) >= 11 is 0. The molecule has 0 aliphatic rings. The summed E-state index contributed by atoms with van der Waals surface area (Å²) in [6.07, 6.45) is 1.85. The Bertz CT molecular complexity index is 9940. The summed E-state index contributed by atoms with van der Waals surface area (Å²) in [7, 11) is 0. The number of nitrogens with zero attached hydrogens (tertiary/aromatic N) is 18.